The number of carbonyl (C=O) groups is 2. The molecule has 0 bridgehead atoms. The fourth-order valence-electron chi connectivity index (χ4n) is 3.33. The molecule has 2 heterocycles. The SMILES string of the molecule is CCOc1ccccc1NC(=O)[C@H]1CC(=O)N(c2n[nH]c3ccccc23)C1. The molecule has 1 fully saturated rings. The first-order chi connectivity index (χ1) is 13.2. The van der Waals surface area contributed by atoms with Crippen LogP contribution in [0.2, 0.25) is 0 Å². The largest absolute Gasteiger partial charge is 0.492 e. The summed E-state index contributed by atoms with van der Waals surface area (Å²) < 4.78 is 5.54. The average Bonchev–Trinajstić information content (AvgIpc) is 3.27. The lowest BCUT2D eigenvalue weighted by atomic mass is 10.1. The number of aromatic amines is 1. The Balaban J connectivity index is 1.51. The number of amides is 2. The molecule has 7 heteroatoms. The van der Waals surface area contributed by atoms with E-state index in [2.05, 4.69) is 15.5 Å². The predicted octanol–water partition coefficient (Wildman–Crippen LogP) is 2.95. The number of ether oxygens (including phenoxy) is 1. The third-order valence-corrected chi connectivity index (χ3v) is 4.65. The number of hydrogen-bond donors (Lipinski definition) is 2. The number of fused-ring (bicyclic) bond motifs is 1. The molecule has 0 saturated carbocycles. The summed E-state index contributed by atoms with van der Waals surface area (Å²) in [5.74, 6) is 0.444. The number of rotatable bonds is 5. The van der Waals surface area contributed by atoms with Gasteiger partial charge in [-0.1, -0.05) is 24.3 Å². The van der Waals surface area contributed by atoms with Crippen molar-refractivity contribution in [1.29, 1.82) is 0 Å². The third kappa shape index (κ3) is 3.23. The van der Waals surface area contributed by atoms with Crippen molar-refractivity contribution in [3.63, 3.8) is 0 Å². The van der Waals surface area contributed by atoms with Crippen LogP contribution in [-0.2, 0) is 9.59 Å². The van der Waals surface area contributed by atoms with Gasteiger partial charge in [-0.15, -0.1) is 0 Å². The van der Waals surface area contributed by atoms with Crippen molar-refractivity contribution in [3.05, 3.63) is 48.5 Å². The fraction of sp³-hybridized carbons (Fsp3) is 0.250. The Bertz CT molecular complexity index is 998. The van der Waals surface area contributed by atoms with E-state index in [-0.39, 0.29) is 18.2 Å². The second-order valence-electron chi connectivity index (χ2n) is 6.42. The highest BCUT2D eigenvalue weighted by molar-refractivity contribution is 6.07. The van der Waals surface area contributed by atoms with Gasteiger partial charge in [-0.05, 0) is 31.2 Å². The van der Waals surface area contributed by atoms with Crippen molar-refractivity contribution < 1.29 is 14.3 Å². The monoisotopic (exact) mass is 364 g/mol. The molecule has 7 nitrogen and oxygen atoms in total. The Morgan fingerprint density at radius 1 is 1.26 bits per heavy atom. The second-order valence-corrected chi connectivity index (χ2v) is 6.42. The first-order valence-electron chi connectivity index (χ1n) is 8.93. The molecule has 27 heavy (non-hydrogen) atoms. The fourth-order valence-corrected chi connectivity index (χ4v) is 3.33. The molecule has 2 N–H and O–H groups in total. The van der Waals surface area contributed by atoms with Gasteiger partial charge in [0, 0.05) is 18.4 Å². The molecule has 138 valence electrons. The van der Waals surface area contributed by atoms with E-state index in [0.717, 1.165) is 10.9 Å². The van der Waals surface area contributed by atoms with Gasteiger partial charge in [0.2, 0.25) is 11.8 Å². The van der Waals surface area contributed by atoms with Crippen molar-refractivity contribution in [3.8, 4) is 5.75 Å². The van der Waals surface area contributed by atoms with Crippen LogP contribution in [0.5, 0.6) is 5.75 Å². The van der Waals surface area contributed by atoms with Gasteiger partial charge >= 0.3 is 0 Å². The normalized spacial score (nSPS) is 16.7. The number of hydrogen-bond acceptors (Lipinski definition) is 4. The standard InChI is InChI=1S/C20H20N4O3/c1-2-27-17-10-6-5-9-16(17)21-20(26)13-11-18(25)24(12-13)19-14-7-3-4-8-15(14)22-23-19/h3-10,13H,2,11-12H2,1H3,(H,21,26)(H,22,23)/t13-/m0/s1. The van der Waals surface area contributed by atoms with Crippen LogP contribution in [-0.4, -0.2) is 35.2 Å². The van der Waals surface area contributed by atoms with Gasteiger partial charge in [-0.2, -0.15) is 5.10 Å². The Kier molecular flexibility index (Phi) is 4.50. The average molecular weight is 364 g/mol. The van der Waals surface area contributed by atoms with Gasteiger partial charge in [0.15, 0.2) is 5.82 Å². The summed E-state index contributed by atoms with van der Waals surface area (Å²) in [6.45, 7) is 2.70. The maximum atomic E-state index is 12.7. The lowest BCUT2D eigenvalue weighted by Gasteiger charge is -2.15. The summed E-state index contributed by atoms with van der Waals surface area (Å²) in [6, 6.07) is 14.9. The molecule has 1 atom stereocenters. The molecule has 1 aromatic heterocycles. The molecule has 3 aromatic rings. The van der Waals surface area contributed by atoms with Gasteiger partial charge in [-0.25, -0.2) is 0 Å². The number of aromatic nitrogens is 2. The number of H-pyrrole nitrogens is 1. The van der Waals surface area contributed by atoms with Gasteiger partial charge in [-0.3, -0.25) is 19.6 Å². The van der Waals surface area contributed by atoms with E-state index in [1.54, 1.807) is 17.0 Å². The molecular formula is C20H20N4O3. The minimum Gasteiger partial charge on any atom is -0.492 e. The van der Waals surface area contributed by atoms with Crippen LogP contribution in [0.25, 0.3) is 10.9 Å². The predicted molar refractivity (Wildman–Crippen MR) is 103 cm³/mol. The maximum absolute atomic E-state index is 12.7. The first-order valence-corrected chi connectivity index (χ1v) is 8.93. The van der Waals surface area contributed by atoms with E-state index in [9.17, 15) is 9.59 Å². The minimum atomic E-state index is -0.442. The Hall–Kier alpha value is -3.35. The lowest BCUT2D eigenvalue weighted by Crippen LogP contribution is -2.28. The zero-order valence-electron chi connectivity index (χ0n) is 14.9. The van der Waals surface area contributed by atoms with Gasteiger partial charge in [0.25, 0.3) is 0 Å². The molecule has 0 radical (unpaired) electrons. The summed E-state index contributed by atoms with van der Waals surface area (Å²) in [6.07, 6.45) is 0.157. The Morgan fingerprint density at radius 3 is 2.89 bits per heavy atom. The van der Waals surface area contributed by atoms with Crippen molar-refractivity contribution in [2.75, 3.05) is 23.4 Å². The number of carbonyl (C=O) groups excluding carboxylic acids is 2. The highest BCUT2D eigenvalue weighted by Gasteiger charge is 2.37. The van der Waals surface area contributed by atoms with E-state index in [4.69, 9.17) is 4.74 Å². The van der Waals surface area contributed by atoms with E-state index < -0.39 is 5.92 Å². The summed E-state index contributed by atoms with van der Waals surface area (Å²) in [4.78, 5) is 26.8. The van der Waals surface area contributed by atoms with E-state index in [0.29, 0.717) is 30.4 Å². The maximum Gasteiger partial charge on any atom is 0.229 e. The van der Waals surface area contributed by atoms with Crippen LogP contribution >= 0.6 is 0 Å². The highest BCUT2D eigenvalue weighted by Crippen LogP contribution is 2.31. The van der Waals surface area contributed by atoms with Crippen molar-refractivity contribution in [2.24, 2.45) is 5.92 Å². The van der Waals surface area contributed by atoms with E-state index in [1.165, 1.54) is 0 Å². The number of nitrogens with zero attached hydrogens (tertiary/aromatic N) is 2. The molecule has 1 aliphatic rings. The first kappa shape index (κ1) is 17.1. The number of nitrogens with one attached hydrogen (secondary N) is 2. The topological polar surface area (TPSA) is 87.3 Å². The smallest absolute Gasteiger partial charge is 0.229 e. The zero-order valence-corrected chi connectivity index (χ0v) is 14.9. The molecule has 4 rings (SSSR count). The van der Waals surface area contributed by atoms with Crippen molar-refractivity contribution in [1.82, 2.24) is 10.2 Å². The molecule has 2 aromatic carbocycles. The Labute approximate surface area is 156 Å². The number of benzene rings is 2. The third-order valence-electron chi connectivity index (χ3n) is 4.65. The summed E-state index contributed by atoms with van der Waals surface area (Å²) >= 11 is 0. The van der Waals surface area contributed by atoms with Crippen LogP contribution in [0, 0.1) is 5.92 Å². The number of anilines is 2. The van der Waals surface area contributed by atoms with Crippen LogP contribution in [0.4, 0.5) is 11.5 Å². The van der Waals surface area contributed by atoms with Crippen LogP contribution in [0.15, 0.2) is 48.5 Å². The molecule has 0 unspecified atom stereocenters. The van der Waals surface area contributed by atoms with Gasteiger partial charge < -0.3 is 10.1 Å². The van der Waals surface area contributed by atoms with Crippen molar-refractivity contribution >= 4 is 34.2 Å². The summed E-state index contributed by atoms with van der Waals surface area (Å²) in [5.41, 5.74) is 1.47. The van der Waals surface area contributed by atoms with Crippen LogP contribution in [0.1, 0.15) is 13.3 Å². The van der Waals surface area contributed by atoms with E-state index >= 15 is 0 Å². The zero-order chi connectivity index (χ0) is 18.8. The molecule has 0 aliphatic carbocycles. The molecular weight excluding hydrogens is 344 g/mol. The molecule has 1 aliphatic heterocycles. The lowest BCUT2D eigenvalue weighted by molar-refractivity contribution is -0.122. The molecule has 1 saturated heterocycles. The van der Waals surface area contributed by atoms with Crippen LogP contribution in [0.3, 0.4) is 0 Å². The van der Waals surface area contributed by atoms with Crippen molar-refractivity contribution in [2.45, 2.75) is 13.3 Å². The minimum absolute atomic E-state index is 0.106. The van der Waals surface area contributed by atoms with Gasteiger partial charge in [0.1, 0.15) is 5.75 Å². The van der Waals surface area contributed by atoms with Gasteiger partial charge in [0.05, 0.1) is 23.7 Å². The Morgan fingerprint density at radius 2 is 2.04 bits per heavy atom. The summed E-state index contributed by atoms with van der Waals surface area (Å²) in [5, 5.41) is 11.0. The molecule has 2 amide bonds. The molecule has 0 spiro atoms. The summed E-state index contributed by atoms with van der Waals surface area (Å²) in [7, 11) is 0. The van der Waals surface area contributed by atoms with E-state index in [1.807, 2.05) is 43.3 Å². The highest BCUT2D eigenvalue weighted by atomic mass is 16.5. The quantitative estimate of drug-likeness (QED) is 0.729. The number of para-hydroxylation sites is 3. The second kappa shape index (κ2) is 7.11. The van der Waals surface area contributed by atoms with Crippen LogP contribution < -0.4 is 15.0 Å².